The minimum atomic E-state index is 0.325. The quantitative estimate of drug-likeness (QED) is 0.652. The van der Waals surface area contributed by atoms with Crippen molar-refractivity contribution in [2.24, 2.45) is 0 Å². The Kier molecular flexibility index (Phi) is 2.85. The molecule has 2 aromatic carbocycles. The first-order chi connectivity index (χ1) is 10.3. The first-order valence-electron chi connectivity index (χ1n) is 7.45. The number of hydrogen-bond donors (Lipinski definition) is 3. The van der Waals surface area contributed by atoms with E-state index in [-0.39, 0.29) is 0 Å². The van der Waals surface area contributed by atoms with Gasteiger partial charge in [-0.3, -0.25) is 0 Å². The normalized spacial score (nSPS) is 17.6. The maximum absolute atomic E-state index is 9.64. The summed E-state index contributed by atoms with van der Waals surface area (Å²) in [6.45, 7) is 0. The van der Waals surface area contributed by atoms with Crippen LogP contribution in [0.2, 0.25) is 0 Å². The van der Waals surface area contributed by atoms with Gasteiger partial charge in [0, 0.05) is 22.8 Å². The topological polar surface area (TPSA) is 48.0 Å². The molecule has 1 aromatic heterocycles. The smallest absolute Gasteiger partial charge is 0.115 e. The number of phenols is 1. The molecule has 3 aromatic rings. The van der Waals surface area contributed by atoms with E-state index in [1.807, 2.05) is 12.3 Å². The van der Waals surface area contributed by atoms with Crippen LogP contribution in [0, 0.1) is 0 Å². The van der Waals surface area contributed by atoms with Gasteiger partial charge in [0.2, 0.25) is 0 Å². The van der Waals surface area contributed by atoms with Gasteiger partial charge in [0.05, 0.1) is 6.04 Å². The molecule has 0 bridgehead atoms. The van der Waals surface area contributed by atoms with Gasteiger partial charge in [0.25, 0.3) is 0 Å². The summed E-state index contributed by atoms with van der Waals surface area (Å²) >= 11 is 0. The van der Waals surface area contributed by atoms with E-state index >= 15 is 0 Å². The second-order valence-electron chi connectivity index (χ2n) is 5.75. The highest BCUT2D eigenvalue weighted by molar-refractivity contribution is 5.83. The van der Waals surface area contributed by atoms with Crippen LogP contribution in [0.4, 0.5) is 5.69 Å². The highest BCUT2D eigenvalue weighted by Crippen LogP contribution is 2.34. The number of H-pyrrole nitrogens is 1. The summed E-state index contributed by atoms with van der Waals surface area (Å²) in [5.41, 5.74) is 4.89. The lowest BCUT2D eigenvalue weighted by Crippen LogP contribution is -2.17. The van der Waals surface area contributed by atoms with Gasteiger partial charge < -0.3 is 15.4 Å². The predicted molar refractivity (Wildman–Crippen MR) is 85.7 cm³/mol. The van der Waals surface area contributed by atoms with Crippen molar-refractivity contribution in [3.63, 3.8) is 0 Å². The van der Waals surface area contributed by atoms with Crippen molar-refractivity contribution >= 4 is 16.6 Å². The van der Waals surface area contributed by atoms with Crippen LogP contribution in [0.25, 0.3) is 10.9 Å². The molecule has 1 heterocycles. The van der Waals surface area contributed by atoms with E-state index in [4.69, 9.17) is 0 Å². The largest absolute Gasteiger partial charge is 0.508 e. The zero-order valence-electron chi connectivity index (χ0n) is 11.8. The molecule has 0 radical (unpaired) electrons. The minimum absolute atomic E-state index is 0.325. The zero-order chi connectivity index (χ0) is 14.2. The number of hydrogen-bond acceptors (Lipinski definition) is 2. The van der Waals surface area contributed by atoms with Crippen LogP contribution >= 0.6 is 0 Å². The fraction of sp³-hybridized carbons (Fsp3) is 0.222. The molecule has 3 nitrogen and oxygen atoms in total. The van der Waals surface area contributed by atoms with Crippen LogP contribution in [-0.4, -0.2) is 10.1 Å². The molecule has 1 aliphatic carbocycles. The van der Waals surface area contributed by atoms with E-state index in [1.54, 1.807) is 6.07 Å². The van der Waals surface area contributed by atoms with Crippen LogP contribution in [0.3, 0.4) is 0 Å². The van der Waals surface area contributed by atoms with Crippen LogP contribution in [-0.2, 0) is 6.42 Å². The molecule has 0 saturated heterocycles. The van der Waals surface area contributed by atoms with Crippen molar-refractivity contribution < 1.29 is 5.11 Å². The number of aromatic nitrogens is 1. The van der Waals surface area contributed by atoms with Gasteiger partial charge in [-0.25, -0.2) is 0 Å². The molecule has 0 saturated carbocycles. The Bertz CT molecular complexity index is 791. The van der Waals surface area contributed by atoms with E-state index in [9.17, 15) is 5.11 Å². The molecular weight excluding hydrogens is 260 g/mol. The number of phenolic OH excluding ortho intramolecular Hbond substituents is 1. The highest BCUT2D eigenvalue weighted by Gasteiger charge is 2.20. The second-order valence-corrected chi connectivity index (χ2v) is 5.75. The Morgan fingerprint density at radius 3 is 3.00 bits per heavy atom. The number of fused-ring (bicyclic) bond motifs is 2. The standard InChI is InChI=1S/C18H18N2O/c21-15-5-6-16-12(11-15)2-1-3-18(16)20-14-4-7-17-13(10-14)8-9-19-17/h4-11,18-21H,1-3H2. The van der Waals surface area contributed by atoms with Crippen molar-refractivity contribution in [2.75, 3.05) is 5.32 Å². The zero-order valence-corrected chi connectivity index (χ0v) is 11.8. The Labute approximate surface area is 123 Å². The van der Waals surface area contributed by atoms with Crippen LogP contribution in [0.5, 0.6) is 5.75 Å². The van der Waals surface area contributed by atoms with Gasteiger partial charge >= 0.3 is 0 Å². The number of aromatic amines is 1. The van der Waals surface area contributed by atoms with E-state index in [2.05, 4.69) is 40.6 Å². The molecule has 3 N–H and O–H groups in total. The molecule has 21 heavy (non-hydrogen) atoms. The van der Waals surface area contributed by atoms with Crippen LogP contribution < -0.4 is 5.32 Å². The maximum atomic E-state index is 9.64. The number of rotatable bonds is 2. The number of aromatic hydroxyl groups is 1. The fourth-order valence-electron chi connectivity index (χ4n) is 3.29. The SMILES string of the molecule is Oc1ccc2c(c1)CCCC2Nc1ccc2[nH]ccc2c1. The summed E-state index contributed by atoms with van der Waals surface area (Å²) in [7, 11) is 0. The molecule has 0 spiro atoms. The molecule has 0 fully saturated rings. The average molecular weight is 278 g/mol. The van der Waals surface area contributed by atoms with Gasteiger partial charge in [-0.1, -0.05) is 6.07 Å². The Morgan fingerprint density at radius 1 is 1.10 bits per heavy atom. The number of aryl methyl sites for hydroxylation is 1. The van der Waals surface area contributed by atoms with Gasteiger partial charge in [-0.15, -0.1) is 0 Å². The lowest BCUT2D eigenvalue weighted by molar-refractivity contribution is 0.472. The van der Waals surface area contributed by atoms with E-state index in [0.717, 1.165) is 30.5 Å². The number of nitrogens with one attached hydrogen (secondary N) is 2. The number of anilines is 1. The van der Waals surface area contributed by atoms with Crippen molar-refractivity contribution in [3.05, 3.63) is 59.8 Å². The average Bonchev–Trinajstić information content (AvgIpc) is 2.95. The molecule has 106 valence electrons. The van der Waals surface area contributed by atoms with Crippen molar-refractivity contribution in [3.8, 4) is 5.75 Å². The highest BCUT2D eigenvalue weighted by atomic mass is 16.3. The van der Waals surface area contributed by atoms with E-state index in [0.29, 0.717) is 11.8 Å². The summed E-state index contributed by atoms with van der Waals surface area (Å²) in [5.74, 6) is 0.364. The third-order valence-electron chi connectivity index (χ3n) is 4.34. The third kappa shape index (κ3) is 2.25. The minimum Gasteiger partial charge on any atom is -0.508 e. The molecular formula is C18H18N2O. The molecule has 0 amide bonds. The lowest BCUT2D eigenvalue weighted by atomic mass is 9.87. The summed E-state index contributed by atoms with van der Waals surface area (Å²) in [5, 5.41) is 14.5. The van der Waals surface area contributed by atoms with Gasteiger partial charge in [-0.2, -0.15) is 0 Å². The Hall–Kier alpha value is -2.42. The summed E-state index contributed by atoms with van der Waals surface area (Å²) in [6.07, 6.45) is 5.30. The first kappa shape index (κ1) is 12.3. The fourth-order valence-corrected chi connectivity index (χ4v) is 3.29. The molecule has 3 heteroatoms. The molecule has 4 rings (SSSR count). The molecule has 1 unspecified atom stereocenters. The monoisotopic (exact) mass is 278 g/mol. The molecule has 0 aliphatic heterocycles. The predicted octanol–water partition coefficient (Wildman–Crippen LogP) is 4.36. The first-order valence-corrected chi connectivity index (χ1v) is 7.45. The summed E-state index contributed by atoms with van der Waals surface area (Å²) < 4.78 is 0. The van der Waals surface area contributed by atoms with Crippen LogP contribution in [0.1, 0.15) is 30.0 Å². The van der Waals surface area contributed by atoms with Crippen molar-refractivity contribution in [1.82, 2.24) is 4.98 Å². The number of benzene rings is 2. The summed E-state index contributed by atoms with van der Waals surface area (Å²) in [4.78, 5) is 3.22. The van der Waals surface area contributed by atoms with Crippen molar-refractivity contribution in [1.29, 1.82) is 0 Å². The van der Waals surface area contributed by atoms with Gasteiger partial charge in [0.15, 0.2) is 0 Å². The molecule has 1 aliphatic rings. The second kappa shape index (κ2) is 4.85. The van der Waals surface area contributed by atoms with E-state index < -0.39 is 0 Å². The molecule has 1 atom stereocenters. The van der Waals surface area contributed by atoms with Gasteiger partial charge in [0.1, 0.15) is 5.75 Å². The van der Waals surface area contributed by atoms with E-state index in [1.165, 1.54) is 16.5 Å². The van der Waals surface area contributed by atoms with Crippen molar-refractivity contribution in [2.45, 2.75) is 25.3 Å². The van der Waals surface area contributed by atoms with Crippen LogP contribution in [0.15, 0.2) is 48.7 Å². The Balaban J connectivity index is 1.65. The third-order valence-corrected chi connectivity index (χ3v) is 4.34. The van der Waals surface area contributed by atoms with Gasteiger partial charge in [-0.05, 0) is 66.8 Å². The maximum Gasteiger partial charge on any atom is 0.115 e. The Morgan fingerprint density at radius 2 is 2.05 bits per heavy atom. The summed E-state index contributed by atoms with van der Waals surface area (Å²) in [6, 6.07) is 14.6. The lowest BCUT2D eigenvalue weighted by Gasteiger charge is -2.27.